The monoisotopic (exact) mass is 232 g/mol. The molecule has 0 aliphatic carbocycles. The van der Waals surface area contributed by atoms with E-state index in [2.05, 4.69) is 48.3 Å². The molecule has 0 aromatic heterocycles. The number of nitrogens with one attached hydrogen (secondary N) is 1. The van der Waals surface area contributed by atoms with E-state index >= 15 is 0 Å². The second kappa shape index (κ2) is 6.06. The maximum absolute atomic E-state index is 3.50. The molecule has 17 heavy (non-hydrogen) atoms. The lowest BCUT2D eigenvalue weighted by molar-refractivity contribution is 0.378. The lowest BCUT2D eigenvalue weighted by Gasteiger charge is -2.31. The van der Waals surface area contributed by atoms with Crippen LogP contribution in [0.4, 0.5) is 5.69 Å². The minimum atomic E-state index is 0.809. The van der Waals surface area contributed by atoms with E-state index in [1.54, 1.807) is 0 Å². The Bertz CT molecular complexity index is 343. The van der Waals surface area contributed by atoms with Crippen LogP contribution in [-0.2, 0) is 0 Å². The molecule has 0 amide bonds. The fourth-order valence-electron chi connectivity index (χ4n) is 2.63. The van der Waals surface area contributed by atoms with Crippen LogP contribution in [0.15, 0.2) is 24.3 Å². The number of hydrogen-bond donors (Lipinski definition) is 1. The average Bonchev–Trinajstić information content (AvgIpc) is 2.37. The molecule has 0 bridgehead atoms. The lowest BCUT2D eigenvalue weighted by Crippen LogP contribution is -2.38. The summed E-state index contributed by atoms with van der Waals surface area (Å²) in [6.45, 7) is 9.08. The summed E-state index contributed by atoms with van der Waals surface area (Å²) in [5, 5.41) is 3.50. The second-order valence-corrected chi connectivity index (χ2v) is 5.09. The molecule has 1 unspecified atom stereocenters. The topological polar surface area (TPSA) is 15.3 Å². The van der Waals surface area contributed by atoms with Crippen LogP contribution in [0.1, 0.15) is 25.3 Å². The Kier molecular flexibility index (Phi) is 4.43. The third-order valence-electron chi connectivity index (χ3n) is 3.63. The maximum Gasteiger partial charge on any atom is 0.0368 e. The third-order valence-corrected chi connectivity index (χ3v) is 3.63. The summed E-state index contributed by atoms with van der Waals surface area (Å²) in [5.74, 6) is 0.809. The molecule has 1 atom stereocenters. The van der Waals surface area contributed by atoms with Gasteiger partial charge in [0.2, 0.25) is 0 Å². The quantitative estimate of drug-likeness (QED) is 0.858. The van der Waals surface area contributed by atoms with Gasteiger partial charge < -0.3 is 10.2 Å². The number of aryl methyl sites for hydroxylation is 1. The van der Waals surface area contributed by atoms with Crippen LogP contribution in [0.5, 0.6) is 0 Å². The first kappa shape index (κ1) is 12.4. The highest BCUT2D eigenvalue weighted by Gasteiger charge is 2.16. The van der Waals surface area contributed by atoms with Gasteiger partial charge in [-0.25, -0.2) is 0 Å². The number of nitrogens with zero attached hydrogens (tertiary/aromatic N) is 1. The van der Waals surface area contributed by atoms with Crippen molar-refractivity contribution >= 4 is 5.69 Å². The van der Waals surface area contributed by atoms with Crippen molar-refractivity contribution in [3.05, 3.63) is 29.8 Å². The highest BCUT2D eigenvalue weighted by atomic mass is 15.1. The van der Waals surface area contributed by atoms with Crippen LogP contribution in [0.25, 0.3) is 0 Å². The fraction of sp³-hybridized carbons (Fsp3) is 0.600. The number of benzene rings is 1. The molecule has 1 aromatic rings. The molecule has 1 saturated heterocycles. The molecule has 1 aromatic carbocycles. The van der Waals surface area contributed by atoms with Crippen LogP contribution < -0.4 is 10.2 Å². The van der Waals surface area contributed by atoms with E-state index in [4.69, 9.17) is 0 Å². The third kappa shape index (κ3) is 3.47. The SMILES string of the molecule is CCN(CC1CCCNC1)c1cccc(C)c1. The van der Waals surface area contributed by atoms with Gasteiger partial charge in [-0.05, 0) is 63.4 Å². The van der Waals surface area contributed by atoms with Crippen molar-refractivity contribution in [2.24, 2.45) is 5.92 Å². The Morgan fingerprint density at radius 2 is 2.29 bits per heavy atom. The Labute approximate surface area is 105 Å². The van der Waals surface area contributed by atoms with E-state index in [9.17, 15) is 0 Å². The highest BCUT2D eigenvalue weighted by molar-refractivity contribution is 5.48. The van der Waals surface area contributed by atoms with Crippen molar-refractivity contribution in [2.75, 3.05) is 31.1 Å². The molecule has 1 fully saturated rings. The standard InChI is InChI=1S/C15H24N2/c1-3-17(12-14-7-5-9-16-11-14)15-8-4-6-13(2)10-15/h4,6,8,10,14,16H,3,5,7,9,11-12H2,1-2H3. The molecule has 2 nitrogen and oxygen atoms in total. The maximum atomic E-state index is 3.50. The number of piperidine rings is 1. The summed E-state index contributed by atoms with van der Waals surface area (Å²) in [6.07, 6.45) is 2.70. The van der Waals surface area contributed by atoms with Crippen LogP contribution in [0, 0.1) is 12.8 Å². The second-order valence-electron chi connectivity index (χ2n) is 5.09. The Balaban J connectivity index is 2.00. The predicted molar refractivity (Wildman–Crippen MR) is 74.7 cm³/mol. The van der Waals surface area contributed by atoms with Gasteiger partial charge in [-0.1, -0.05) is 12.1 Å². The molecule has 0 radical (unpaired) electrons. The molecule has 94 valence electrons. The van der Waals surface area contributed by atoms with Gasteiger partial charge in [0.1, 0.15) is 0 Å². The highest BCUT2D eigenvalue weighted by Crippen LogP contribution is 2.19. The summed E-state index contributed by atoms with van der Waals surface area (Å²) in [4.78, 5) is 2.50. The van der Waals surface area contributed by atoms with E-state index in [-0.39, 0.29) is 0 Å². The molecule has 1 aliphatic heterocycles. The van der Waals surface area contributed by atoms with Gasteiger partial charge in [0, 0.05) is 18.8 Å². The average molecular weight is 232 g/mol. The first-order chi connectivity index (χ1) is 8.29. The summed E-state index contributed by atoms with van der Waals surface area (Å²) in [7, 11) is 0. The van der Waals surface area contributed by atoms with Gasteiger partial charge >= 0.3 is 0 Å². The van der Waals surface area contributed by atoms with Gasteiger partial charge in [0.05, 0.1) is 0 Å². The van der Waals surface area contributed by atoms with Gasteiger partial charge in [-0.3, -0.25) is 0 Å². The van der Waals surface area contributed by atoms with Crippen LogP contribution in [-0.4, -0.2) is 26.2 Å². The van der Waals surface area contributed by atoms with Crippen LogP contribution in [0.2, 0.25) is 0 Å². The number of rotatable bonds is 4. The minimum absolute atomic E-state index is 0.809. The zero-order chi connectivity index (χ0) is 12.1. The van der Waals surface area contributed by atoms with Crippen molar-refractivity contribution in [3.63, 3.8) is 0 Å². The van der Waals surface area contributed by atoms with E-state index in [1.165, 1.54) is 43.7 Å². The Morgan fingerprint density at radius 1 is 1.41 bits per heavy atom. The van der Waals surface area contributed by atoms with Gasteiger partial charge in [-0.15, -0.1) is 0 Å². The summed E-state index contributed by atoms with van der Waals surface area (Å²) in [6, 6.07) is 8.85. The zero-order valence-electron chi connectivity index (χ0n) is 11.1. The zero-order valence-corrected chi connectivity index (χ0v) is 11.1. The molecule has 1 heterocycles. The van der Waals surface area contributed by atoms with Crippen molar-refractivity contribution in [3.8, 4) is 0 Å². The van der Waals surface area contributed by atoms with E-state index in [1.807, 2.05) is 0 Å². The Hall–Kier alpha value is -1.02. The molecule has 0 spiro atoms. The molecule has 0 saturated carbocycles. The van der Waals surface area contributed by atoms with Crippen LogP contribution >= 0.6 is 0 Å². The number of hydrogen-bond acceptors (Lipinski definition) is 2. The molecule has 2 rings (SSSR count). The van der Waals surface area contributed by atoms with E-state index < -0.39 is 0 Å². The minimum Gasteiger partial charge on any atom is -0.371 e. The largest absolute Gasteiger partial charge is 0.371 e. The van der Waals surface area contributed by atoms with E-state index in [0.717, 1.165) is 12.5 Å². The first-order valence-corrected chi connectivity index (χ1v) is 6.82. The van der Waals surface area contributed by atoms with Gasteiger partial charge in [-0.2, -0.15) is 0 Å². The molecular weight excluding hydrogens is 208 g/mol. The smallest absolute Gasteiger partial charge is 0.0368 e. The normalized spacial score (nSPS) is 20.2. The van der Waals surface area contributed by atoms with E-state index in [0.29, 0.717) is 0 Å². The summed E-state index contributed by atoms with van der Waals surface area (Å²) >= 11 is 0. The van der Waals surface area contributed by atoms with Crippen molar-refractivity contribution in [2.45, 2.75) is 26.7 Å². The van der Waals surface area contributed by atoms with Crippen molar-refractivity contribution in [1.29, 1.82) is 0 Å². The van der Waals surface area contributed by atoms with Crippen LogP contribution in [0.3, 0.4) is 0 Å². The molecule has 1 aliphatic rings. The Morgan fingerprint density at radius 3 is 2.94 bits per heavy atom. The fourth-order valence-corrected chi connectivity index (χ4v) is 2.63. The molecule has 1 N–H and O–H groups in total. The number of anilines is 1. The molecular formula is C15H24N2. The van der Waals surface area contributed by atoms with Gasteiger partial charge in [0.15, 0.2) is 0 Å². The predicted octanol–water partition coefficient (Wildman–Crippen LogP) is 2.82. The lowest BCUT2D eigenvalue weighted by atomic mass is 9.99. The van der Waals surface area contributed by atoms with Crippen molar-refractivity contribution < 1.29 is 0 Å². The first-order valence-electron chi connectivity index (χ1n) is 6.82. The molecule has 2 heteroatoms. The van der Waals surface area contributed by atoms with Crippen molar-refractivity contribution in [1.82, 2.24) is 5.32 Å². The summed E-state index contributed by atoms with van der Waals surface area (Å²) < 4.78 is 0. The van der Waals surface area contributed by atoms with Gasteiger partial charge in [0.25, 0.3) is 0 Å². The summed E-state index contributed by atoms with van der Waals surface area (Å²) in [5.41, 5.74) is 2.72.